The number of pyridine rings is 1. The van der Waals surface area contributed by atoms with Gasteiger partial charge in [0.2, 0.25) is 5.89 Å². The number of halogens is 1. The molecule has 2 aromatic carbocycles. The molecule has 2 N–H and O–H groups in total. The van der Waals surface area contributed by atoms with E-state index in [1.165, 1.54) is 27.7 Å². The van der Waals surface area contributed by atoms with Crippen LogP contribution in [0.1, 0.15) is 17.3 Å². The molecule has 0 saturated carbocycles. The third-order valence-corrected chi connectivity index (χ3v) is 6.50. The van der Waals surface area contributed by atoms with Crippen LogP contribution in [-0.2, 0) is 13.6 Å². The number of fused-ring (bicyclic) bond motifs is 1. The first kappa shape index (κ1) is 24.0. The highest BCUT2D eigenvalue weighted by atomic mass is 19.1. The first-order valence-electron chi connectivity index (χ1n) is 12.0. The highest BCUT2D eigenvalue weighted by Crippen LogP contribution is 2.34. The molecule has 0 saturated heterocycles. The summed E-state index contributed by atoms with van der Waals surface area (Å²) in [4.78, 5) is 28.1. The van der Waals surface area contributed by atoms with Crippen LogP contribution in [0.2, 0.25) is 0 Å². The van der Waals surface area contributed by atoms with Gasteiger partial charge in [-0.1, -0.05) is 12.1 Å². The second-order valence-electron chi connectivity index (χ2n) is 8.80. The van der Waals surface area contributed by atoms with E-state index in [1.807, 2.05) is 43.3 Å². The van der Waals surface area contributed by atoms with Crippen LogP contribution < -0.4 is 11.4 Å². The lowest BCUT2D eigenvalue weighted by atomic mass is 10.1. The van der Waals surface area contributed by atoms with Crippen molar-refractivity contribution in [1.82, 2.24) is 34.1 Å². The molecular weight excluding hydrogens is 503 g/mol. The van der Waals surface area contributed by atoms with Crippen molar-refractivity contribution in [3.63, 3.8) is 0 Å². The Morgan fingerprint density at radius 1 is 1.03 bits per heavy atom. The number of hydrogen-bond acceptors (Lipinski definition) is 7. The zero-order valence-corrected chi connectivity index (χ0v) is 20.9. The summed E-state index contributed by atoms with van der Waals surface area (Å²) in [5, 5.41) is 13.2. The van der Waals surface area contributed by atoms with Gasteiger partial charge in [0.25, 0.3) is 11.8 Å². The first-order valence-corrected chi connectivity index (χ1v) is 12.0. The molecule has 4 heterocycles. The van der Waals surface area contributed by atoms with Gasteiger partial charge in [0, 0.05) is 36.4 Å². The monoisotopic (exact) mass is 524 g/mol. The van der Waals surface area contributed by atoms with Crippen LogP contribution in [0.5, 0.6) is 0 Å². The average Bonchev–Trinajstić information content (AvgIpc) is 3.66. The van der Waals surface area contributed by atoms with E-state index in [0.29, 0.717) is 23.5 Å². The Morgan fingerprint density at radius 3 is 2.44 bits per heavy atom. The molecule has 1 amide bonds. The molecule has 194 valence electrons. The van der Waals surface area contributed by atoms with E-state index in [2.05, 4.69) is 24.8 Å². The number of carbonyl (C=O) groups excluding carboxylic acids is 1. The lowest BCUT2D eigenvalue weighted by Gasteiger charge is -2.10. The fourth-order valence-corrected chi connectivity index (χ4v) is 4.58. The number of hydrogen-bond donors (Lipinski definition) is 1. The van der Waals surface area contributed by atoms with Gasteiger partial charge in [0.05, 0.1) is 16.8 Å². The Balaban J connectivity index is 1.41. The lowest BCUT2D eigenvalue weighted by molar-refractivity contribution is 0.0996. The fourth-order valence-electron chi connectivity index (χ4n) is 4.58. The molecule has 0 bridgehead atoms. The maximum atomic E-state index is 14.3. The van der Waals surface area contributed by atoms with Gasteiger partial charge in [-0.05, 0) is 55.0 Å². The summed E-state index contributed by atoms with van der Waals surface area (Å²) in [6.07, 6.45) is 3.14. The molecule has 11 nitrogen and oxygen atoms in total. The van der Waals surface area contributed by atoms with Gasteiger partial charge in [-0.25, -0.2) is 23.4 Å². The highest BCUT2D eigenvalue weighted by Gasteiger charge is 2.20. The van der Waals surface area contributed by atoms with E-state index in [9.17, 15) is 14.0 Å². The second-order valence-corrected chi connectivity index (χ2v) is 8.80. The molecular formula is C27H21FN8O3. The summed E-state index contributed by atoms with van der Waals surface area (Å²) in [5.41, 5.74) is 8.91. The number of nitrogens with zero attached hydrogens (tertiary/aromatic N) is 7. The van der Waals surface area contributed by atoms with Crippen LogP contribution in [0.4, 0.5) is 4.39 Å². The number of carbonyl (C=O) groups is 1. The van der Waals surface area contributed by atoms with Crippen molar-refractivity contribution < 1.29 is 13.6 Å². The number of benzene rings is 2. The Bertz CT molecular complexity index is 1930. The summed E-state index contributed by atoms with van der Waals surface area (Å²) in [6.45, 7) is 2.65. The SMILES string of the molecule is CCn1c(-c2ccc(-n3cnn(C)c3=O)cc2)cc2ccnc(-c3nnc(-c4ccc(C(N)=O)c(F)c4)o3)c21. The second kappa shape index (κ2) is 9.17. The van der Waals surface area contributed by atoms with Gasteiger partial charge in [-0.15, -0.1) is 10.2 Å². The zero-order chi connectivity index (χ0) is 27.3. The minimum atomic E-state index is -0.863. The number of rotatable bonds is 6. The van der Waals surface area contributed by atoms with E-state index >= 15 is 0 Å². The third kappa shape index (κ3) is 3.98. The first-order chi connectivity index (χ1) is 18.9. The molecule has 39 heavy (non-hydrogen) atoms. The number of amides is 1. The van der Waals surface area contributed by atoms with Crippen molar-refractivity contribution in [2.75, 3.05) is 0 Å². The molecule has 0 spiro atoms. The lowest BCUT2D eigenvalue weighted by Crippen LogP contribution is -2.21. The molecule has 12 heteroatoms. The van der Waals surface area contributed by atoms with Gasteiger partial charge < -0.3 is 14.7 Å². The standard InChI is InChI=1S/C27H21FN8O3/c1-3-35-21(15-4-7-18(8-5-15)36-14-31-34(2)27(36)38)13-16-10-11-30-22(23(16)35)26-33-32-25(39-26)17-6-9-19(24(29)37)20(28)12-17/h4-14H,3H2,1-2H3,(H2,29,37). The highest BCUT2D eigenvalue weighted by molar-refractivity contribution is 5.95. The Kier molecular flexibility index (Phi) is 5.64. The van der Waals surface area contributed by atoms with E-state index in [0.717, 1.165) is 28.2 Å². The topological polar surface area (TPSA) is 140 Å². The number of nitrogens with two attached hydrogens (primary N) is 1. The molecule has 0 unspecified atom stereocenters. The predicted molar refractivity (Wildman–Crippen MR) is 140 cm³/mol. The number of aromatic nitrogens is 7. The van der Waals surface area contributed by atoms with Crippen molar-refractivity contribution in [1.29, 1.82) is 0 Å². The molecule has 0 aliphatic heterocycles. The molecule has 0 aliphatic rings. The van der Waals surface area contributed by atoms with Crippen molar-refractivity contribution in [3.05, 3.63) is 89.0 Å². The Hall–Kier alpha value is -5.39. The Labute approximate surface area is 220 Å². The largest absolute Gasteiger partial charge is 0.415 e. The van der Waals surface area contributed by atoms with Crippen LogP contribution in [-0.4, -0.2) is 40.0 Å². The summed E-state index contributed by atoms with van der Waals surface area (Å²) >= 11 is 0. The van der Waals surface area contributed by atoms with Gasteiger partial charge in [-0.3, -0.25) is 4.79 Å². The van der Waals surface area contributed by atoms with E-state index in [-0.39, 0.29) is 23.0 Å². The van der Waals surface area contributed by atoms with Crippen LogP contribution in [0.25, 0.3) is 50.9 Å². The maximum Gasteiger partial charge on any atom is 0.350 e. The quantitative estimate of drug-likeness (QED) is 0.351. The number of aryl methyl sites for hydroxylation is 2. The van der Waals surface area contributed by atoms with Gasteiger partial charge in [0.15, 0.2) is 5.69 Å². The molecule has 0 radical (unpaired) electrons. The van der Waals surface area contributed by atoms with E-state index < -0.39 is 11.7 Å². The zero-order valence-electron chi connectivity index (χ0n) is 20.9. The van der Waals surface area contributed by atoms with Gasteiger partial charge >= 0.3 is 5.69 Å². The molecule has 0 atom stereocenters. The van der Waals surface area contributed by atoms with Crippen LogP contribution >= 0.6 is 0 Å². The van der Waals surface area contributed by atoms with Crippen molar-refractivity contribution in [2.24, 2.45) is 12.8 Å². The molecule has 6 rings (SSSR count). The minimum Gasteiger partial charge on any atom is -0.415 e. The average molecular weight is 525 g/mol. The summed E-state index contributed by atoms with van der Waals surface area (Å²) in [6, 6.07) is 15.4. The van der Waals surface area contributed by atoms with Crippen LogP contribution in [0.3, 0.4) is 0 Å². The molecule has 4 aromatic heterocycles. The third-order valence-electron chi connectivity index (χ3n) is 6.50. The van der Waals surface area contributed by atoms with Gasteiger partial charge in [-0.2, -0.15) is 5.10 Å². The fraction of sp³-hybridized carbons (Fsp3) is 0.111. The van der Waals surface area contributed by atoms with E-state index in [4.69, 9.17) is 10.2 Å². The molecule has 0 aliphatic carbocycles. The van der Waals surface area contributed by atoms with Gasteiger partial charge in [0.1, 0.15) is 12.1 Å². The van der Waals surface area contributed by atoms with Crippen molar-refractivity contribution in [3.8, 4) is 40.0 Å². The molecule has 6 aromatic rings. The number of primary amides is 1. The summed E-state index contributed by atoms with van der Waals surface area (Å²) in [5.74, 6) is -1.39. The summed E-state index contributed by atoms with van der Waals surface area (Å²) in [7, 11) is 1.60. The van der Waals surface area contributed by atoms with Crippen LogP contribution in [0.15, 0.2) is 76.3 Å². The van der Waals surface area contributed by atoms with E-state index in [1.54, 1.807) is 13.2 Å². The predicted octanol–water partition coefficient (Wildman–Crippen LogP) is 3.56. The van der Waals surface area contributed by atoms with Crippen LogP contribution in [0, 0.1) is 5.82 Å². The van der Waals surface area contributed by atoms with Crippen molar-refractivity contribution in [2.45, 2.75) is 13.5 Å². The minimum absolute atomic E-state index is 0.0785. The summed E-state index contributed by atoms with van der Waals surface area (Å²) < 4.78 is 25.0. The smallest absolute Gasteiger partial charge is 0.350 e. The molecule has 0 fully saturated rings. The maximum absolute atomic E-state index is 14.3. The van der Waals surface area contributed by atoms with Crippen molar-refractivity contribution >= 4 is 16.8 Å². The normalized spacial score (nSPS) is 11.4. The Morgan fingerprint density at radius 2 is 1.77 bits per heavy atom.